The van der Waals surface area contributed by atoms with Crippen LogP contribution in [0.4, 0.5) is 5.13 Å². The van der Waals surface area contributed by atoms with Gasteiger partial charge in [0, 0.05) is 20.2 Å². The van der Waals surface area contributed by atoms with Crippen LogP contribution in [0.2, 0.25) is 0 Å². The van der Waals surface area contributed by atoms with Crippen LogP contribution in [0.3, 0.4) is 0 Å². The molecular formula is C15H16IN3S. The molecule has 20 heavy (non-hydrogen) atoms. The number of hydrogen-bond donors (Lipinski definition) is 1. The minimum atomic E-state index is 0.772. The van der Waals surface area contributed by atoms with E-state index in [0.29, 0.717) is 0 Å². The minimum Gasteiger partial charge on any atom is -0.253 e. The Morgan fingerprint density at radius 2 is 2.15 bits per heavy atom. The number of nitrogens with one attached hydrogen (secondary N) is 1. The van der Waals surface area contributed by atoms with Crippen molar-refractivity contribution < 1.29 is 0 Å². The predicted octanol–water partition coefficient (Wildman–Crippen LogP) is 5.00. The number of aromatic nitrogens is 1. The van der Waals surface area contributed by atoms with Crippen molar-refractivity contribution in [2.45, 2.75) is 26.2 Å². The van der Waals surface area contributed by atoms with Crippen molar-refractivity contribution in [3.05, 3.63) is 33.2 Å². The van der Waals surface area contributed by atoms with E-state index >= 15 is 0 Å². The van der Waals surface area contributed by atoms with Crippen molar-refractivity contribution >= 4 is 44.8 Å². The molecule has 1 aromatic carbocycles. The Balaban J connectivity index is 1.69. The van der Waals surface area contributed by atoms with Crippen LogP contribution in [0.25, 0.3) is 11.3 Å². The maximum absolute atomic E-state index is 4.59. The van der Waals surface area contributed by atoms with Crippen molar-refractivity contribution in [3.8, 4) is 11.3 Å². The number of thiazole rings is 1. The van der Waals surface area contributed by atoms with Gasteiger partial charge >= 0.3 is 0 Å². The maximum Gasteiger partial charge on any atom is 0.203 e. The first-order chi connectivity index (χ1) is 9.70. The Morgan fingerprint density at radius 3 is 2.85 bits per heavy atom. The third-order valence-electron chi connectivity index (χ3n) is 3.46. The maximum atomic E-state index is 4.59. The summed E-state index contributed by atoms with van der Waals surface area (Å²) in [6, 6.07) is 8.40. The van der Waals surface area contributed by atoms with E-state index in [0.717, 1.165) is 35.1 Å². The summed E-state index contributed by atoms with van der Waals surface area (Å²) < 4.78 is 1.24. The SMILES string of the molecule is CC1CC/C(=N\Nc2nc(-c3ccc(I)cc3)cs2)C1. The van der Waals surface area contributed by atoms with Crippen LogP contribution in [0.5, 0.6) is 0 Å². The van der Waals surface area contributed by atoms with E-state index in [1.807, 2.05) is 0 Å². The molecule has 0 aliphatic heterocycles. The molecule has 3 nitrogen and oxygen atoms in total. The zero-order valence-electron chi connectivity index (χ0n) is 11.3. The molecule has 0 saturated heterocycles. The van der Waals surface area contributed by atoms with Crippen LogP contribution in [0.15, 0.2) is 34.7 Å². The Bertz CT molecular complexity index is 618. The highest BCUT2D eigenvalue weighted by Crippen LogP contribution is 2.26. The molecule has 1 aromatic heterocycles. The summed E-state index contributed by atoms with van der Waals surface area (Å²) in [5.41, 5.74) is 6.53. The average molecular weight is 397 g/mol. The first-order valence-electron chi connectivity index (χ1n) is 6.73. The summed E-state index contributed by atoms with van der Waals surface area (Å²) >= 11 is 3.91. The molecule has 0 spiro atoms. The Hall–Kier alpha value is -0.950. The lowest BCUT2D eigenvalue weighted by atomic mass is 10.1. The van der Waals surface area contributed by atoms with Crippen LogP contribution >= 0.6 is 33.9 Å². The minimum absolute atomic E-state index is 0.772. The lowest BCUT2D eigenvalue weighted by molar-refractivity contribution is 0.623. The first kappa shape index (κ1) is 14.0. The van der Waals surface area contributed by atoms with Crippen molar-refractivity contribution in [1.29, 1.82) is 0 Å². The summed E-state index contributed by atoms with van der Waals surface area (Å²) in [7, 11) is 0. The second kappa shape index (κ2) is 6.22. The summed E-state index contributed by atoms with van der Waals surface area (Å²) in [6.45, 7) is 2.28. The van der Waals surface area contributed by atoms with Gasteiger partial charge in [-0.05, 0) is 59.9 Å². The highest BCUT2D eigenvalue weighted by atomic mass is 127. The van der Waals surface area contributed by atoms with E-state index < -0.39 is 0 Å². The van der Waals surface area contributed by atoms with Crippen molar-refractivity contribution in [1.82, 2.24) is 4.98 Å². The lowest BCUT2D eigenvalue weighted by Gasteiger charge is -1.98. The number of hydrogen-bond acceptors (Lipinski definition) is 4. The molecule has 1 aliphatic rings. The molecule has 0 amide bonds. The molecule has 1 unspecified atom stereocenters. The largest absolute Gasteiger partial charge is 0.253 e. The summed E-state index contributed by atoms with van der Waals surface area (Å²) in [5.74, 6) is 0.772. The molecule has 1 saturated carbocycles. The van der Waals surface area contributed by atoms with Crippen molar-refractivity contribution in [2.75, 3.05) is 5.43 Å². The van der Waals surface area contributed by atoms with Gasteiger partial charge in [0.2, 0.25) is 5.13 Å². The Labute approximate surface area is 136 Å². The van der Waals surface area contributed by atoms with Gasteiger partial charge in [0.1, 0.15) is 0 Å². The summed E-state index contributed by atoms with van der Waals surface area (Å²) in [4.78, 5) is 4.59. The number of benzene rings is 1. The van der Waals surface area contributed by atoms with E-state index in [-0.39, 0.29) is 0 Å². The molecule has 1 N–H and O–H groups in total. The Morgan fingerprint density at radius 1 is 1.35 bits per heavy atom. The highest BCUT2D eigenvalue weighted by Gasteiger charge is 2.16. The fraction of sp³-hybridized carbons (Fsp3) is 0.333. The second-order valence-corrected chi connectivity index (χ2v) is 7.29. The van der Waals surface area contributed by atoms with E-state index in [9.17, 15) is 0 Å². The number of nitrogens with zero attached hydrogens (tertiary/aromatic N) is 2. The quantitative estimate of drug-likeness (QED) is 0.585. The smallest absolute Gasteiger partial charge is 0.203 e. The van der Waals surface area contributed by atoms with Crippen LogP contribution < -0.4 is 5.43 Å². The monoisotopic (exact) mass is 397 g/mol. The van der Waals surface area contributed by atoms with E-state index in [1.165, 1.54) is 15.7 Å². The van der Waals surface area contributed by atoms with Crippen molar-refractivity contribution in [3.63, 3.8) is 0 Å². The predicted molar refractivity (Wildman–Crippen MR) is 94.3 cm³/mol. The molecule has 0 radical (unpaired) electrons. The standard InChI is InChI=1S/C15H16IN3S/c1-10-2-7-13(8-10)18-19-15-17-14(9-20-15)11-3-5-12(16)6-4-11/h3-6,9-10H,2,7-8H2,1H3,(H,17,19)/b18-13+. The van der Waals surface area contributed by atoms with E-state index in [4.69, 9.17) is 0 Å². The highest BCUT2D eigenvalue weighted by molar-refractivity contribution is 14.1. The molecular weight excluding hydrogens is 381 g/mol. The van der Waals surface area contributed by atoms with Gasteiger partial charge in [-0.3, -0.25) is 5.43 Å². The zero-order chi connectivity index (χ0) is 13.9. The van der Waals surface area contributed by atoms with Crippen LogP contribution in [-0.4, -0.2) is 10.7 Å². The number of anilines is 1. The average Bonchev–Trinajstić information content (AvgIpc) is 3.06. The van der Waals surface area contributed by atoms with Gasteiger partial charge in [-0.1, -0.05) is 19.1 Å². The molecule has 1 fully saturated rings. The van der Waals surface area contributed by atoms with Crippen LogP contribution in [-0.2, 0) is 0 Å². The molecule has 0 bridgehead atoms. The lowest BCUT2D eigenvalue weighted by Crippen LogP contribution is -1.97. The number of rotatable bonds is 3. The van der Waals surface area contributed by atoms with Crippen molar-refractivity contribution in [2.24, 2.45) is 11.0 Å². The van der Waals surface area contributed by atoms with Crippen LogP contribution in [0, 0.1) is 9.49 Å². The molecule has 1 atom stereocenters. The topological polar surface area (TPSA) is 37.3 Å². The van der Waals surface area contributed by atoms with Gasteiger partial charge in [-0.15, -0.1) is 11.3 Å². The van der Waals surface area contributed by atoms with E-state index in [2.05, 4.69) is 74.7 Å². The zero-order valence-corrected chi connectivity index (χ0v) is 14.2. The number of hydrazone groups is 1. The fourth-order valence-corrected chi connectivity index (χ4v) is 3.35. The Kier molecular flexibility index (Phi) is 4.35. The molecule has 1 heterocycles. The van der Waals surface area contributed by atoms with Gasteiger partial charge in [0.15, 0.2) is 0 Å². The summed E-state index contributed by atoms with van der Waals surface area (Å²) in [6.07, 6.45) is 3.48. The molecule has 5 heteroatoms. The first-order valence-corrected chi connectivity index (χ1v) is 8.69. The molecule has 104 valence electrons. The molecule has 3 rings (SSSR count). The van der Waals surface area contributed by atoms with Gasteiger partial charge in [-0.2, -0.15) is 5.10 Å². The normalized spacial score (nSPS) is 20.5. The second-order valence-electron chi connectivity index (χ2n) is 5.18. The van der Waals surface area contributed by atoms with Gasteiger partial charge < -0.3 is 0 Å². The summed E-state index contributed by atoms with van der Waals surface area (Å²) in [5, 5.41) is 7.42. The van der Waals surface area contributed by atoms with Gasteiger partial charge in [0.25, 0.3) is 0 Å². The van der Waals surface area contributed by atoms with E-state index in [1.54, 1.807) is 11.3 Å². The fourth-order valence-electron chi connectivity index (χ4n) is 2.33. The third kappa shape index (κ3) is 3.38. The van der Waals surface area contributed by atoms with Crippen LogP contribution in [0.1, 0.15) is 26.2 Å². The third-order valence-corrected chi connectivity index (χ3v) is 4.93. The molecule has 2 aromatic rings. The van der Waals surface area contributed by atoms with Gasteiger partial charge in [0.05, 0.1) is 5.69 Å². The number of halogens is 1. The van der Waals surface area contributed by atoms with Gasteiger partial charge in [-0.25, -0.2) is 4.98 Å². The molecule has 1 aliphatic carbocycles.